The van der Waals surface area contributed by atoms with Crippen molar-refractivity contribution in [2.45, 2.75) is 26.3 Å². The van der Waals surface area contributed by atoms with Gasteiger partial charge < -0.3 is 9.88 Å². The molecule has 0 radical (unpaired) electrons. The molecule has 5 rings (SSSR count). The highest BCUT2D eigenvalue weighted by atomic mass is 15.2. The molecule has 0 amide bonds. The van der Waals surface area contributed by atoms with Crippen LogP contribution in [-0.4, -0.2) is 16.5 Å². The molecule has 2 aromatic heterocycles. The highest BCUT2D eigenvalue weighted by Gasteiger charge is 2.22. The first-order valence-electron chi connectivity index (χ1n) is 9.61. The number of fused-ring (bicyclic) bond motifs is 2. The molecule has 0 spiro atoms. The second-order valence-electron chi connectivity index (χ2n) is 7.39. The number of nitrogens with one attached hydrogen (secondary N) is 1. The van der Waals surface area contributed by atoms with Crippen molar-refractivity contribution >= 4 is 16.7 Å². The van der Waals surface area contributed by atoms with Crippen molar-refractivity contribution < 1.29 is 0 Å². The van der Waals surface area contributed by atoms with Gasteiger partial charge in [0, 0.05) is 30.4 Å². The lowest BCUT2D eigenvalue weighted by atomic mass is 9.98. The van der Waals surface area contributed by atoms with Gasteiger partial charge in [0.05, 0.1) is 5.52 Å². The minimum atomic E-state index is 0.926. The van der Waals surface area contributed by atoms with E-state index in [1.165, 1.54) is 38.9 Å². The van der Waals surface area contributed by atoms with Crippen molar-refractivity contribution in [2.75, 3.05) is 11.4 Å². The third-order valence-electron chi connectivity index (χ3n) is 5.66. The van der Waals surface area contributed by atoms with Gasteiger partial charge >= 0.3 is 0 Å². The van der Waals surface area contributed by atoms with Gasteiger partial charge in [-0.3, -0.25) is 0 Å². The Morgan fingerprint density at radius 3 is 2.59 bits per heavy atom. The standard InChI is InChI=1S/C24H23N3/c1-17-21(15-18-7-3-2-4-8-18)23-22(26-17)11-13-25-24(23)27-14-12-19-9-5-6-10-20(19)16-27/h2-11,13,26H,12,14-16H2,1H3. The number of anilines is 1. The summed E-state index contributed by atoms with van der Waals surface area (Å²) in [5, 5.41) is 1.28. The molecular weight excluding hydrogens is 330 g/mol. The number of aromatic nitrogens is 2. The van der Waals surface area contributed by atoms with Crippen molar-refractivity contribution in [2.24, 2.45) is 0 Å². The quantitative estimate of drug-likeness (QED) is 0.560. The lowest BCUT2D eigenvalue weighted by Crippen LogP contribution is -2.31. The third kappa shape index (κ3) is 2.89. The van der Waals surface area contributed by atoms with Gasteiger partial charge in [0.1, 0.15) is 5.82 Å². The molecule has 2 aromatic carbocycles. The summed E-state index contributed by atoms with van der Waals surface area (Å²) in [4.78, 5) is 10.8. The average molecular weight is 353 g/mol. The molecule has 4 aromatic rings. The third-order valence-corrected chi connectivity index (χ3v) is 5.66. The first-order valence-corrected chi connectivity index (χ1v) is 9.61. The van der Waals surface area contributed by atoms with Crippen LogP contribution < -0.4 is 4.90 Å². The number of hydrogen-bond donors (Lipinski definition) is 1. The van der Waals surface area contributed by atoms with Crippen molar-refractivity contribution in [3.63, 3.8) is 0 Å². The second-order valence-corrected chi connectivity index (χ2v) is 7.39. The summed E-state index contributed by atoms with van der Waals surface area (Å²) >= 11 is 0. The van der Waals surface area contributed by atoms with Crippen molar-refractivity contribution in [1.82, 2.24) is 9.97 Å². The van der Waals surface area contributed by atoms with E-state index in [4.69, 9.17) is 4.98 Å². The van der Waals surface area contributed by atoms with E-state index < -0.39 is 0 Å². The van der Waals surface area contributed by atoms with Gasteiger partial charge in [0.25, 0.3) is 0 Å². The largest absolute Gasteiger partial charge is 0.358 e. The SMILES string of the molecule is Cc1[nH]c2ccnc(N3CCc4ccccc4C3)c2c1Cc1ccccc1. The molecule has 0 atom stereocenters. The summed E-state index contributed by atoms with van der Waals surface area (Å²) in [5.41, 5.74) is 8.00. The molecule has 3 nitrogen and oxygen atoms in total. The predicted octanol–water partition coefficient (Wildman–Crippen LogP) is 5.02. The van der Waals surface area contributed by atoms with E-state index in [-0.39, 0.29) is 0 Å². The molecule has 0 saturated heterocycles. The maximum absolute atomic E-state index is 4.83. The Kier molecular flexibility index (Phi) is 3.93. The van der Waals surface area contributed by atoms with Crippen molar-refractivity contribution in [3.05, 3.63) is 94.8 Å². The smallest absolute Gasteiger partial charge is 0.138 e. The fourth-order valence-corrected chi connectivity index (χ4v) is 4.25. The van der Waals surface area contributed by atoms with Gasteiger partial charge in [-0.1, -0.05) is 54.6 Å². The van der Waals surface area contributed by atoms with Crippen LogP contribution in [0.25, 0.3) is 10.9 Å². The number of pyridine rings is 1. The molecule has 3 heteroatoms. The van der Waals surface area contributed by atoms with E-state index in [2.05, 4.69) is 77.5 Å². The predicted molar refractivity (Wildman–Crippen MR) is 111 cm³/mol. The van der Waals surface area contributed by atoms with Gasteiger partial charge in [0.15, 0.2) is 0 Å². The van der Waals surface area contributed by atoms with E-state index in [0.717, 1.165) is 31.7 Å². The summed E-state index contributed by atoms with van der Waals surface area (Å²) in [5.74, 6) is 1.11. The van der Waals surface area contributed by atoms with Crippen molar-refractivity contribution in [3.8, 4) is 0 Å². The zero-order valence-electron chi connectivity index (χ0n) is 15.6. The Morgan fingerprint density at radius 2 is 1.74 bits per heavy atom. The van der Waals surface area contributed by atoms with Crippen LogP contribution in [0.2, 0.25) is 0 Å². The molecule has 0 saturated carbocycles. The van der Waals surface area contributed by atoms with Gasteiger partial charge in [-0.25, -0.2) is 4.98 Å². The van der Waals surface area contributed by atoms with Gasteiger partial charge in [0.2, 0.25) is 0 Å². The average Bonchev–Trinajstić information content (AvgIpc) is 3.04. The summed E-state index contributed by atoms with van der Waals surface area (Å²) in [6, 6.07) is 21.6. The molecule has 27 heavy (non-hydrogen) atoms. The normalized spacial score (nSPS) is 13.7. The first-order chi connectivity index (χ1) is 13.3. The zero-order valence-corrected chi connectivity index (χ0v) is 15.6. The highest BCUT2D eigenvalue weighted by Crippen LogP contribution is 2.34. The molecule has 0 unspecified atom stereocenters. The molecule has 1 aliphatic heterocycles. The van der Waals surface area contributed by atoms with Crippen LogP contribution in [0.4, 0.5) is 5.82 Å². The zero-order chi connectivity index (χ0) is 18.2. The van der Waals surface area contributed by atoms with Crippen LogP contribution in [0, 0.1) is 6.92 Å². The number of hydrogen-bond acceptors (Lipinski definition) is 2. The van der Waals surface area contributed by atoms with Crippen molar-refractivity contribution in [1.29, 1.82) is 0 Å². The van der Waals surface area contributed by atoms with Gasteiger partial charge in [-0.2, -0.15) is 0 Å². The fraction of sp³-hybridized carbons (Fsp3) is 0.208. The molecule has 1 N–H and O–H groups in total. The van der Waals surface area contributed by atoms with Crippen LogP contribution >= 0.6 is 0 Å². The van der Waals surface area contributed by atoms with Crippen LogP contribution in [0.5, 0.6) is 0 Å². The Hall–Kier alpha value is -3.07. The number of aromatic amines is 1. The minimum Gasteiger partial charge on any atom is -0.358 e. The Labute approximate surface area is 159 Å². The molecular formula is C24H23N3. The minimum absolute atomic E-state index is 0.926. The van der Waals surface area contributed by atoms with Crippen LogP contribution in [0.15, 0.2) is 66.9 Å². The Morgan fingerprint density at radius 1 is 0.963 bits per heavy atom. The Balaban J connectivity index is 1.59. The first kappa shape index (κ1) is 16.1. The number of aryl methyl sites for hydroxylation is 1. The topological polar surface area (TPSA) is 31.9 Å². The molecule has 0 aliphatic carbocycles. The fourth-order valence-electron chi connectivity index (χ4n) is 4.25. The number of H-pyrrole nitrogens is 1. The van der Waals surface area contributed by atoms with Crippen LogP contribution in [-0.2, 0) is 19.4 Å². The number of rotatable bonds is 3. The summed E-state index contributed by atoms with van der Waals surface area (Å²) in [6.45, 7) is 4.11. The number of nitrogens with zero attached hydrogens (tertiary/aromatic N) is 2. The molecule has 3 heterocycles. The van der Waals surface area contributed by atoms with Crippen LogP contribution in [0.3, 0.4) is 0 Å². The lowest BCUT2D eigenvalue weighted by Gasteiger charge is -2.30. The summed E-state index contributed by atoms with van der Waals surface area (Å²) in [7, 11) is 0. The lowest BCUT2D eigenvalue weighted by molar-refractivity contribution is 0.724. The van der Waals surface area contributed by atoms with E-state index in [1.54, 1.807) is 0 Å². The maximum atomic E-state index is 4.83. The molecule has 0 fully saturated rings. The Bertz CT molecular complexity index is 1100. The monoisotopic (exact) mass is 353 g/mol. The van der Waals surface area contributed by atoms with Gasteiger partial charge in [-0.15, -0.1) is 0 Å². The number of benzene rings is 2. The van der Waals surface area contributed by atoms with E-state index >= 15 is 0 Å². The summed E-state index contributed by atoms with van der Waals surface area (Å²) < 4.78 is 0. The van der Waals surface area contributed by atoms with E-state index in [9.17, 15) is 0 Å². The molecule has 0 bridgehead atoms. The maximum Gasteiger partial charge on any atom is 0.138 e. The highest BCUT2D eigenvalue weighted by molar-refractivity contribution is 5.94. The van der Waals surface area contributed by atoms with Gasteiger partial charge in [-0.05, 0) is 48.1 Å². The van der Waals surface area contributed by atoms with Crippen LogP contribution in [0.1, 0.15) is 27.9 Å². The second kappa shape index (κ2) is 6.58. The summed E-state index contributed by atoms with van der Waals surface area (Å²) in [6.07, 6.45) is 3.93. The molecule has 134 valence electrons. The van der Waals surface area contributed by atoms with E-state index in [1.807, 2.05) is 6.20 Å². The van der Waals surface area contributed by atoms with E-state index in [0.29, 0.717) is 0 Å². The molecule has 1 aliphatic rings.